The van der Waals surface area contributed by atoms with E-state index in [9.17, 15) is 13.2 Å². The van der Waals surface area contributed by atoms with Crippen molar-refractivity contribution in [3.05, 3.63) is 83.7 Å². The van der Waals surface area contributed by atoms with Crippen molar-refractivity contribution >= 4 is 26.8 Å². The van der Waals surface area contributed by atoms with Crippen molar-refractivity contribution in [1.29, 1.82) is 0 Å². The number of nitrogens with one attached hydrogen (secondary N) is 1. The minimum Gasteiger partial charge on any atom is -0.352 e. The largest absolute Gasteiger partial charge is 0.352 e. The van der Waals surface area contributed by atoms with E-state index in [1.807, 2.05) is 43.3 Å². The Kier molecular flexibility index (Phi) is 5.53. The van der Waals surface area contributed by atoms with E-state index >= 15 is 0 Å². The first kappa shape index (κ1) is 20.7. The molecule has 0 aliphatic heterocycles. The van der Waals surface area contributed by atoms with Gasteiger partial charge in [0.05, 0.1) is 27.9 Å². The van der Waals surface area contributed by atoms with Gasteiger partial charge in [-0.1, -0.05) is 30.3 Å². The van der Waals surface area contributed by atoms with Crippen LogP contribution in [-0.4, -0.2) is 35.6 Å². The Morgan fingerprint density at radius 3 is 2.55 bits per heavy atom. The molecule has 31 heavy (non-hydrogen) atoms. The first-order valence-electron chi connectivity index (χ1n) is 9.64. The molecule has 2 aromatic carbocycles. The van der Waals surface area contributed by atoms with Crippen molar-refractivity contribution < 1.29 is 13.2 Å². The molecule has 1 amide bonds. The Balaban J connectivity index is 1.43. The summed E-state index contributed by atoms with van der Waals surface area (Å²) >= 11 is 0. The third-order valence-electron chi connectivity index (χ3n) is 5.01. The number of para-hydroxylation sites is 1. The number of hydrogen-bond donors (Lipinski definition) is 2. The number of benzene rings is 2. The van der Waals surface area contributed by atoms with Crippen LogP contribution in [0, 0.1) is 6.92 Å². The average Bonchev–Trinajstić information content (AvgIpc) is 3.14. The maximum absolute atomic E-state index is 12.6. The standard InChI is InChI=1S/C22H21N5O3S/c1-15-19(14-25-27(15)21-11-8-17-4-2-3-5-20(17)26-21)22(28)24-13-12-16-6-9-18(10-7-16)31(23,29)30/h2-11,14H,12-13H2,1H3,(H,24,28)(H2,23,29,30). The Morgan fingerprint density at radius 2 is 1.81 bits per heavy atom. The number of primary sulfonamides is 1. The quantitative estimate of drug-likeness (QED) is 0.482. The number of hydrogen-bond acceptors (Lipinski definition) is 5. The lowest BCUT2D eigenvalue weighted by atomic mass is 10.1. The minimum atomic E-state index is -3.71. The summed E-state index contributed by atoms with van der Waals surface area (Å²) in [7, 11) is -3.71. The van der Waals surface area contributed by atoms with Gasteiger partial charge in [0.2, 0.25) is 10.0 Å². The molecule has 0 aliphatic carbocycles. The lowest BCUT2D eigenvalue weighted by molar-refractivity contribution is 0.0953. The van der Waals surface area contributed by atoms with E-state index in [0.717, 1.165) is 16.5 Å². The first-order chi connectivity index (χ1) is 14.8. The van der Waals surface area contributed by atoms with Crippen LogP contribution in [0.5, 0.6) is 0 Å². The number of amides is 1. The molecule has 2 aromatic heterocycles. The second kappa shape index (κ2) is 8.29. The molecule has 0 saturated carbocycles. The maximum Gasteiger partial charge on any atom is 0.254 e. The molecule has 0 spiro atoms. The number of nitrogens with two attached hydrogens (primary N) is 1. The molecule has 4 aromatic rings. The molecule has 9 heteroatoms. The monoisotopic (exact) mass is 435 g/mol. The van der Waals surface area contributed by atoms with Gasteiger partial charge in [-0.15, -0.1) is 0 Å². The highest BCUT2D eigenvalue weighted by molar-refractivity contribution is 7.89. The molecule has 0 fully saturated rings. The van der Waals surface area contributed by atoms with Gasteiger partial charge in [-0.2, -0.15) is 5.10 Å². The second-order valence-electron chi connectivity index (χ2n) is 7.11. The van der Waals surface area contributed by atoms with Gasteiger partial charge in [0, 0.05) is 11.9 Å². The number of aromatic nitrogens is 3. The number of fused-ring (bicyclic) bond motifs is 1. The SMILES string of the molecule is Cc1c(C(=O)NCCc2ccc(S(N)(=O)=O)cc2)cnn1-c1ccc2ccccc2n1. The molecule has 158 valence electrons. The molecule has 0 unspecified atom stereocenters. The number of nitrogens with zero attached hydrogens (tertiary/aromatic N) is 3. The number of pyridine rings is 1. The zero-order chi connectivity index (χ0) is 22.0. The molecule has 3 N–H and O–H groups in total. The van der Waals surface area contributed by atoms with Crippen molar-refractivity contribution in [3.8, 4) is 5.82 Å². The molecular formula is C22H21N5O3S. The molecule has 0 saturated heterocycles. The summed E-state index contributed by atoms with van der Waals surface area (Å²) in [6.07, 6.45) is 2.08. The molecule has 0 bridgehead atoms. The van der Waals surface area contributed by atoms with Crippen LogP contribution in [-0.2, 0) is 16.4 Å². The van der Waals surface area contributed by atoms with Gasteiger partial charge in [0.15, 0.2) is 5.82 Å². The Morgan fingerprint density at radius 1 is 1.06 bits per heavy atom. The number of carbonyl (C=O) groups excluding carboxylic acids is 1. The van der Waals surface area contributed by atoms with Gasteiger partial charge in [-0.05, 0) is 49.2 Å². The summed E-state index contributed by atoms with van der Waals surface area (Å²) in [6.45, 7) is 2.22. The predicted molar refractivity (Wildman–Crippen MR) is 117 cm³/mol. The van der Waals surface area contributed by atoms with Crippen LogP contribution in [0.25, 0.3) is 16.7 Å². The van der Waals surface area contributed by atoms with E-state index in [1.54, 1.807) is 16.8 Å². The zero-order valence-electron chi connectivity index (χ0n) is 16.8. The van der Waals surface area contributed by atoms with Gasteiger partial charge in [0.25, 0.3) is 5.91 Å². The normalized spacial score (nSPS) is 11.5. The number of sulfonamides is 1. The van der Waals surface area contributed by atoms with E-state index in [2.05, 4.69) is 15.4 Å². The van der Waals surface area contributed by atoms with Gasteiger partial charge in [-0.3, -0.25) is 4.79 Å². The topological polar surface area (TPSA) is 120 Å². The van der Waals surface area contributed by atoms with Crippen molar-refractivity contribution in [2.75, 3.05) is 6.54 Å². The molecule has 8 nitrogen and oxygen atoms in total. The van der Waals surface area contributed by atoms with Crippen LogP contribution in [0.15, 0.2) is 71.8 Å². The third-order valence-corrected chi connectivity index (χ3v) is 5.94. The Hall–Kier alpha value is -3.56. The average molecular weight is 436 g/mol. The third kappa shape index (κ3) is 4.47. The molecule has 2 heterocycles. The summed E-state index contributed by atoms with van der Waals surface area (Å²) in [4.78, 5) is 17.3. The highest BCUT2D eigenvalue weighted by Gasteiger charge is 2.16. The molecule has 0 atom stereocenters. The summed E-state index contributed by atoms with van der Waals surface area (Å²) in [5.74, 6) is 0.413. The highest BCUT2D eigenvalue weighted by atomic mass is 32.2. The van der Waals surface area contributed by atoms with Crippen molar-refractivity contribution in [2.45, 2.75) is 18.2 Å². The Labute approximate surface area is 179 Å². The fraction of sp³-hybridized carbons (Fsp3) is 0.136. The second-order valence-corrected chi connectivity index (χ2v) is 8.67. The van der Waals surface area contributed by atoms with Gasteiger partial charge in [-0.25, -0.2) is 23.2 Å². The summed E-state index contributed by atoms with van der Waals surface area (Å²) in [5.41, 5.74) is 2.91. The molecular weight excluding hydrogens is 414 g/mol. The number of carbonyl (C=O) groups is 1. The van der Waals surface area contributed by atoms with Gasteiger partial charge in [0.1, 0.15) is 0 Å². The van der Waals surface area contributed by atoms with E-state index in [0.29, 0.717) is 30.0 Å². The van der Waals surface area contributed by atoms with Crippen molar-refractivity contribution in [2.24, 2.45) is 5.14 Å². The van der Waals surface area contributed by atoms with E-state index in [-0.39, 0.29) is 10.8 Å². The lowest BCUT2D eigenvalue weighted by Gasteiger charge is -2.07. The smallest absolute Gasteiger partial charge is 0.254 e. The Bertz CT molecular complexity index is 1360. The fourth-order valence-electron chi connectivity index (χ4n) is 3.30. The fourth-order valence-corrected chi connectivity index (χ4v) is 3.81. The molecule has 4 rings (SSSR count). The van der Waals surface area contributed by atoms with E-state index in [4.69, 9.17) is 5.14 Å². The van der Waals surface area contributed by atoms with E-state index in [1.165, 1.54) is 18.3 Å². The van der Waals surface area contributed by atoms with Crippen LogP contribution < -0.4 is 10.5 Å². The highest BCUT2D eigenvalue weighted by Crippen LogP contribution is 2.17. The van der Waals surface area contributed by atoms with Gasteiger partial charge < -0.3 is 5.32 Å². The first-order valence-corrected chi connectivity index (χ1v) is 11.2. The number of rotatable bonds is 6. The van der Waals surface area contributed by atoms with Crippen molar-refractivity contribution in [3.63, 3.8) is 0 Å². The zero-order valence-corrected chi connectivity index (χ0v) is 17.6. The van der Waals surface area contributed by atoms with Crippen LogP contribution in [0.1, 0.15) is 21.6 Å². The van der Waals surface area contributed by atoms with Crippen LogP contribution in [0.4, 0.5) is 0 Å². The van der Waals surface area contributed by atoms with Crippen LogP contribution in [0.2, 0.25) is 0 Å². The van der Waals surface area contributed by atoms with E-state index < -0.39 is 10.0 Å². The predicted octanol–water partition coefficient (Wildman–Crippen LogP) is 2.35. The molecule has 0 aliphatic rings. The van der Waals surface area contributed by atoms with Crippen molar-refractivity contribution in [1.82, 2.24) is 20.1 Å². The maximum atomic E-state index is 12.6. The van der Waals surface area contributed by atoms with Crippen LogP contribution in [0.3, 0.4) is 0 Å². The van der Waals surface area contributed by atoms with Gasteiger partial charge >= 0.3 is 0 Å². The summed E-state index contributed by atoms with van der Waals surface area (Å²) in [5, 5.41) is 13.3. The summed E-state index contributed by atoms with van der Waals surface area (Å²) < 4.78 is 24.3. The molecule has 0 radical (unpaired) electrons. The minimum absolute atomic E-state index is 0.0608. The van der Waals surface area contributed by atoms with Crippen LogP contribution >= 0.6 is 0 Å². The summed E-state index contributed by atoms with van der Waals surface area (Å²) in [6, 6.07) is 17.9. The lowest BCUT2D eigenvalue weighted by Crippen LogP contribution is -2.26.